The topological polar surface area (TPSA) is 115 Å². The van der Waals surface area contributed by atoms with Crippen LogP contribution < -0.4 is 20.5 Å². The number of methoxy groups -OCH3 is 2. The smallest absolute Gasteiger partial charge is 0.269 e. The summed E-state index contributed by atoms with van der Waals surface area (Å²) in [6.45, 7) is 3.89. The molecule has 0 aliphatic rings. The van der Waals surface area contributed by atoms with E-state index in [1.165, 1.54) is 23.5 Å². The number of hydrogen-bond donors (Lipinski definition) is 1. The van der Waals surface area contributed by atoms with E-state index >= 15 is 0 Å². The molecule has 0 radical (unpaired) electrons. The van der Waals surface area contributed by atoms with Gasteiger partial charge in [-0.2, -0.15) is 10.4 Å². The van der Waals surface area contributed by atoms with Crippen molar-refractivity contribution < 1.29 is 19.0 Å². The molecule has 0 saturated heterocycles. The Kier molecular flexibility index (Phi) is 10.5. The standard InChI is InChI=1S/C27H26BrIN4O5/c1-16-5-7-18(8-6-16)14-38-26-22(29)9-19(10-23(26)37-4)12-31-32-24(34)13-33-17(2)25(28)21(15-36-3)20(11-30)27(33)35/h5-10,12H,13-15H2,1-4H3,(H,32,34)/b31-12-. The Morgan fingerprint density at radius 2 is 1.92 bits per heavy atom. The van der Waals surface area contributed by atoms with Gasteiger partial charge in [0, 0.05) is 22.8 Å². The highest BCUT2D eigenvalue weighted by Crippen LogP contribution is 2.34. The van der Waals surface area contributed by atoms with E-state index in [1.807, 2.05) is 43.3 Å². The molecule has 0 saturated carbocycles. The minimum atomic E-state index is -0.570. The molecular weight excluding hydrogens is 667 g/mol. The fourth-order valence-electron chi connectivity index (χ4n) is 3.60. The van der Waals surface area contributed by atoms with Gasteiger partial charge in [0.05, 0.1) is 23.5 Å². The van der Waals surface area contributed by atoms with Gasteiger partial charge in [0.1, 0.15) is 24.8 Å². The summed E-state index contributed by atoms with van der Waals surface area (Å²) in [5.74, 6) is 0.617. The molecule has 0 fully saturated rings. The molecule has 198 valence electrons. The summed E-state index contributed by atoms with van der Waals surface area (Å²) in [6, 6.07) is 13.6. The highest BCUT2D eigenvalue weighted by Gasteiger charge is 2.19. The molecule has 2 aromatic carbocycles. The van der Waals surface area contributed by atoms with Crippen LogP contribution in [0.5, 0.6) is 11.5 Å². The average molecular weight is 693 g/mol. The van der Waals surface area contributed by atoms with Crippen LogP contribution in [-0.4, -0.2) is 30.9 Å². The Morgan fingerprint density at radius 3 is 2.55 bits per heavy atom. The fraction of sp³-hybridized carbons (Fsp3) is 0.259. The number of nitrogens with one attached hydrogen (secondary N) is 1. The number of aryl methyl sites for hydroxylation is 1. The van der Waals surface area contributed by atoms with Crippen molar-refractivity contribution in [1.82, 2.24) is 9.99 Å². The van der Waals surface area contributed by atoms with Gasteiger partial charge >= 0.3 is 0 Å². The van der Waals surface area contributed by atoms with E-state index in [0.29, 0.717) is 39.4 Å². The van der Waals surface area contributed by atoms with Gasteiger partial charge in [0.25, 0.3) is 11.5 Å². The molecule has 3 rings (SSSR count). The van der Waals surface area contributed by atoms with Gasteiger partial charge in [-0.25, -0.2) is 5.43 Å². The van der Waals surface area contributed by atoms with E-state index in [0.717, 1.165) is 9.13 Å². The first-order valence-corrected chi connectivity index (χ1v) is 13.3. The molecule has 1 amide bonds. The van der Waals surface area contributed by atoms with Crippen LogP contribution in [0.15, 0.2) is 50.8 Å². The predicted molar refractivity (Wildman–Crippen MR) is 156 cm³/mol. The van der Waals surface area contributed by atoms with E-state index in [9.17, 15) is 14.9 Å². The van der Waals surface area contributed by atoms with Crippen LogP contribution in [0.2, 0.25) is 0 Å². The fourth-order valence-corrected chi connectivity index (χ4v) is 4.91. The van der Waals surface area contributed by atoms with Crippen molar-refractivity contribution in [1.29, 1.82) is 5.26 Å². The number of carbonyl (C=O) groups excluding carboxylic acids is 1. The third kappa shape index (κ3) is 7.00. The number of carbonyl (C=O) groups is 1. The minimum absolute atomic E-state index is 0.0769. The molecular formula is C27H26BrIN4O5. The van der Waals surface area contributed by atoms with Crippen molar-refractivity contribution in [2.45, 2.75) is 33.6 Å². The Labute approximate surface area is 242 Å². The summed E-state index contributed by atoms with van der Waals surface area (Å²) in [4.78, 5) is 25.4. The molecule has 0 aliphatic heterocycles. The third-order valence-corrected chi connectivity index (χ3v) is 7.46. The molecule has 1 N–H and O–H groups in total. The number of nitrogens with zero attached hydrogens (tertiary/aromatic N) is 3. The summed E-state index contributed by atoms with van der Waals surface area (Å²) in [6.07, 6.45) is 1.47. The maximum Gasteiger partial charge on any atom is 0.269 e. The Hall–Kier alpha value is -3.21. The molecule has 0 atom stereocenters. The van der Waals surface area contributed by atoms with Gasteiger partial charge in [0.2, 0.25) is 0 Å². The summed E-state index contributed by atoms with van der Waals surface area (Å²) in [5, 5.41) is 13.5. The van der Waals surface area contributed by atoms with Crippen molar-refractivity contribution in [2.75, 3.05) is 14.2 Å². The number of ether oxygens (including phenoxy) is 3. The zero-order valence-corrected chi connectivity index (χ0v) is 25.0. The highest BCUT2D eigenvalue weighted by atomic mass is 127. The maximum atomic E-state index is 12.8. The second-order valence-corrected chi connectivity index (χ2v) is 10.2. The van der Waals surface area contributed by atoms with E-state index < -0.39 is 11.5 Å². The van der Waals surface area contributed by atoms with Gasteiger partial charge in [-0.15, -0.1) is 0 Å². The van der Waals surface area contributed by atoms with E-state index in [4.69, 9.17) is 14.2 Å². The third-order valence-electron chi connectivity index (χ3n) is 5.61. The van der Waals surface area contributed by atoms with E-state index in [2.05, 4.69) is 49.0 Å². The van der Waals surface area contributed by atoms with Gasteiger partial charge in [-0.3, -0.25) is 9.59 Å². The largest absolute Gasteiger partial charge is 0.493 e. The number of rotatable bonds is 10. The lowest BCUT2D eigenvalue weighted by Crippen LogP contribution is -2.33. The van der Waals surface area contributed by atoms with E-state index in [1.54, 1.807) is 20.1 Å². The molecule has 38 heavy (non-hydrogen) atoms. The maximum absolute atomic E-state index is 12.8. The Morgan fingerprint density at radius 1 is 1.21 bits per heavy atom. The number of hydrazone groups is 1. The first-order chi connectivity index (χ1) is 18.2. The molecule has 0 spiro atoms. The normalized spacial score (nSPS) is 10.9. The van der Waals surface area contributed by atoms with Crippen LogP contribution in [0.25, 0.3) is 0 Å². The van der Waals surface area contributed by atoms with Crippen molar-refractivity contribution in [3.05, 3.63) is 88.3 Å². The van der Waals surface area contributed by atoms with Crippen LogP contribution in [0.3, 0.4) is 0 Å². The zero-order chi connectivity index (χ0) is 27.8. The van der Waals surface area contributed by atoms with Gasteiger partial charge in [-0.05, 0) is 75.6 Å². The van der Waals surface area contributed by atoms with Crippen molar-refractivity contribution in [3.8, 4) is 17.6 Å². The molecule has 0 bridgehead atoms. The summed E-state index contributed by atoms with van der Waals surface area (Å²) in [7, 11) is 3.03. The average Bonchev–Trinajstić information content (AvgIpc) is 2.90. The second-order valence-electron chi connectivity index (χ2n) is 8.29. The summed E-state index contributed by atoms with van der Waals surface area (Å²) >= 11 is 5.57. The number of pyridine rings is 1. The first-order valence-electron chi connectivity index (χ1n) is 11.4. The van der Waals surface area contributed by atoms with Crippen molar-refractivity contribution in [2.24, 2.45) is 5.10 Å². The summed E-state index contributed by atoms with van der Waals surface area (Å²) in [5.41, 5.74) is 5.63. The zero-order valence-electron chi connectivity index (χ0n) is 21.3. The van der Waals surface area contributed by atoms with Gasteiger partial charge in [-0.1, -0.05) is 29.8 Å². The lowest BCUT2D eigenvalue weighted by molar-refractivity contribution is -0.121. The number of benzene rings is 2. The Bertz CT molecular complexity index is 1460. The van der Waals surface area contributed by atoms with Crippen LogP contribution >= 0.6 is 38.5 Å². The van der Waals surface area contributed by atoms with Gasteiger partial charge in [0.15, 0.2) is 11.5 Å². The van der Waals surface area contributed by atoms with Crippen molar-refractivity contribution in [3.63, 3.8) is 0 Å². The van der Waals surface area contributed by atoms with Crippen LogP contribution in [-0.2, 0) is 29.3 Å². The lowest BCUT2D eigenvalue weighted by atomic mass is 10.1. The quantitative estimate of drug-likeness (QED) is 0.189. The number of nitriles is 1. The first kappa shape index (κ1) is 29.3. The van der Waals surface area contributed by atoms with Gasteiger partial charge < -0.3 is 18.8 Å². The monoisotopic (exact) mass is 692 g/mol. The van der Waals surface area contributed by atoms with Crippen molar-refractivity contribution >= 4 is 50.6 Å². The molecule has 9 nitrogen and oxygen atoms in total. The molecule has 1 aromatic heterocycles. The highest BCUT2D eigenvalue weighted by molar-refractivity contribution is 14.1. The molecule has 3 aromatic rings. The number of hydrogen-bond acceptors (Lipinski definition) is 7. The molecule has 0 aliphatic carbocycles. The number of halogens is 2. The lowest BCUT2D eigenvalue weighted by Gasteiger charge is -2.15. The van der Waals surface area contributed by atoms with Crippen LogP contribution in [0.4, 0.5) is 0 Å². The molecule has 1 heterocycles. The minimum Gasteiger partial charge on any atom is -0.493 e. The van der Waals surface area contributed by atoms with E-state index in [-0.39, 0.29) is 18.7 Å². The SMILES string of the molecule is COCc1c(Br)c(C)n(CC(=O)N/N=C\c2cc(I)c(OCc3ccc(C)cc3)c(OC)c2)c(=O)c1C#N. The Balaban J connectivity index is 1.72. The summed E-state index contributed by atoms with van der Waals surface area (Å²) < 4.78 is 19.2. The predicted octanol–water partition coefficient (Wildman–Crippen LogP) is 4.59. The molecule has 11 heteroatoms. The van der Waals surface area contributed by atoms with Crippen LogP contribution in [0, 0.1) is 28.7 Å². The van der Waals surface area contributed by atoms with Crippen LogP contribution in [0.1, 0.15) is 33.5 Å². The number of amides is 1. The second kappa shape index (κ2) is 13.5. The number of aromatic nitrogens is 1. The molecule has 0 unspecified atom stereocenters.